The minimum atomic E-state index is 0.00853. The van der Waals surface area contributed by atoms with Crippen LogP contribution in [0.25, 0.3) is 21.7 Å². The summed E-state index contributed by atoms with van der Waals surface area (Å²) in [5.41, 5.74) is 2.04. The molecule has 1 aliphatic rings. The molecule has 1 aliphatic heterocycles. The molecule has 1 fully saturated rings. The molecule has 0 spiro atoms. The molecule has 2 aromatic heterocycles. The molecule has 3 heterocycles. The van der Waals surface area contributed by atoms with E-state index in [0.717, 1.165) is 41.0 Å². The smallest absolute Gasteiger partial charge is 0.139 e. The molecule has 0 N–H and O–H groups in total. The van der Waals surface area contributed by atoms with Crippen LogP contribution in [-0.4, -0.2) is 31.8 Å². The van der Waals surface area contributed by atoms with Gasteiger partial charge in [0.25, 0.3) is 0 Å². The van der Waals surface area contributed by atoms with Gasteiger partial charge in [0.2, 0.25) is 0 Å². The summed E-state index contributed by atoms with van der Waals surface area (Å²) in [5.74, 6) is 1.83. The molecule has 5 rings (SSSR count). The SMILES string of the molecule is COc1ccc2cc([C@H]3CN(c4nccc5occc45)CCO3)ccc2c1. The van der Waals surface area contributed by atoms with Crippen LogP contribution in [0.1, 0.15) is 11.7 Å². The lowest BCUT2D eigenvalue weighted by Crippen LogP contribution is -2.38. The van der Waals surface area contributed by atoms with Crippen LogP contribution in [0.3, 0.4) is 0 Å². The van der Waals surface area contributed by atoms with Gasteiger partial charge in [0.1, 0.15) is 23.3 Å². The van der Waals surface area contributed by atoms with Crippen molar-refractivity contribution in [1.82, 2.24) is 4.98 Å². The quantitative estimate of drug-likeness (QED) is 0.536. The minimum absolute atomic E-state index is 0.00853. The van der Waals surface area contributed by atoms with Crippen LogP contribution in [0, 0.1) is 0 Å². The van der Waals surface area contributed by atoms with Crippen molar-refractivity contribution < 1.29 is 13.9 Å². The fraction of sp³-hybridized carbons (Fsp3) is 0.227. The molecule has 136 valence electrons. The zero-order valence-corrected chi connectivity index (χ0v) is 15.1. The van der Waals surface area contributed by atoms with Gasteiger partial charge in [-0.1, -0.05) is 18.2 Å². The predicted molar refractivity (Wildman–Crippen MR) is 105 cm³/mol. The van der Waals surface area contributed by atoms with Crippen molar-refractivity contribution in [2.24, 2.45) is 0 Å². The Balaban J connectivity index is 1.45. The van der Waals surface area contributed by atoms with Gasteiger partial charge in [-0.15, -0.1) is 0 Å². The highest BCUT2D eigenvalue weighted by atomic mass is 16.5. The third-order valence-corrected chi connectivity index (χ3v) is 5.17. The van der Waals surface area contributed by atoms with Crippen molar-refractivity contribution in [3.8, 4) is 5.75 Å². The molecular formula is C22H20N2O3. The Morgan fingerprint density at radius 1 is 1.07 bits per heavy atom. The summed E-state index contributed by atoms with van der Waals surface area (Å²) in [4.78, 5) is 6.88. The number of rotatable bonds is 3. The lowest BCUT2D eigenvalue weighted by atomic mass is 10.0. The van der Waals surface area contributed by atoms with Crippen molar-refractivity contribution >= 4 is 27.6 Å². The molecule has 2 aromatic carbocycles. The molecule has 4 aromatic rings. The summed E-state index contributed by atoms with van der Waals surface area (Å²) in [6, 6.07) is 16.5. The monoisotopic (exact) mass is 360 g/mol. The number of ether oxygens (including phenoxy) is 2. The van der Waals surface area contributed by atoms with E-state index in [1.165, 1.54) is 10.9 Å². The number of methoxy groups -OCH3 is 1. The number of hydrogen-bond donors (Lipinski definition) is 0. The van der Waals surface area contributed by atoms with E-state index in [4.69, 9.17) is 13.9 Å². The molecule has 0 aliphatic carbocycles. The van der Waals surface area contributed by atoms with Gasteiger partial charge in [-0.2, -0.15) is 0 Å². The molecule has 0 saturated carbocycles. The normalized spacial score (nSPS) is 17.5. The molecule has 27 heavy (non-hydrogen) atoms. The highest BCUT2D eigenvalue weighted by Crippen LogP contribution is 2.31. The average Bonchev–Trinajstić information content (AvgIpc) is 3.22. The third kappa shape index (κ3) is 2.90. The largest absolute Gasteiger partial charge is 0.497 e. The fourth-order valence-corrected chi connectivity index (χ4v) is 3.74. The molecule has 0 amide bonds. The van der Waals surface area contributed by atoms with Crippen molar-refractivity contribution in [3.63, 3.8) is 0 Å². The van der Waals surface area contributed by atoms with Crippen molar-refractivity contribution in [2.45, 2.75) is 6.10 Å². The van der Waals surface area contributed by atoms with Gasteiger partial charge in [-0.3, -0.25) is 0 Å². The Morgan fingerprint density at radius 2 is 1.96 bits per heavy atom. The maximum absolute atomic E-state index is 6.09. The summed E-state index contributed by atoms with van der Waals surface area (Å²) < 4.78 is 16.9. The Hall–Kier alpha value is -3.05. The predicted octanol–water partition coefficient (Wildman–Crippen LogP) is 4.57. The number of hydrogen-bond acceptors (Lipinski definition) is 5. The van der Waals surface area contributed by atoms with Crippen LogP contribution in [-0.2, 0) is 4.74 Å². The van der Waals surface area contributed by atoms with Crippen LogP contribution in [0.4, 0.5) is 5.82 Å². The maximum Gasteiger partial charge on any atom is 0.139 e. The highest BCUT2D eigenvalue weighted by Gasteiger charge is 2.24. The summed E-state index contributed by atoms with van der Waals surface area (Å²) in [7, 11) is 1.69. The van der Waals surface area contributed by atoms with Crippen LogP contribution in [0.15, 0.2) is 65.4 Å². The topological polar surface area (TPSA) is 47.7 Å². The number of morpholine rings is 1. The number of pyridine rings is 1. The van der Waals surface area contributed by atoms with Gasteiger partial charge in [0.05, 0.1) is 25.4 Å². The molecule has 5 heteroatoms. The van der Waals surface area contributed by atoms with E-state index >= 15 is 0 Å². The molecule has 0 bridgehead atoms. The summed E-state index contributed by atoms with van der Waals surface area (Å²) in [6.07, 6.45) is 3.52. The van der Waals surface area contributed by atoms with E-state index in [2.05, 4.69) is 40.2 Å². The summed E-state index contributed by atoms with van der Waals surface area (Å²) in [5, 5.41) is 3.39. The van der Waals surface area contributed by atoms with Gasteiger partial charge in [0.15, 0.2) is 0 Å². The molecule has 0 unspecified atom stereocenters. The Kier molecular flexibility index (Phi) is 3.94. The lowest BCUT2D eigenvalue weighted by Gasteiger charge is -2.34. The number of anilines is 1. The molecule has 0 radical (unpaired) electrons. The van der Waals surface area contributed by atoms with Crippen LogP contribution in [0.5, 0.6) is 5.75 Å². The van der Waals surface area contributed by atoms with Crippen molar-refractivity contribution in [3.05, 3.63) is 66.6 Å². The van der Waals surface area contributed by atoms with Crippen LogP contribution < -0.4 is 9.64 Å². The molecule has 5 nitrogen and oxygen atoms in total. The lowest BCUT2D eigenvalue weighted by molar-refractivity contribution is 0.0397. The van der Waals surface area contributed by atoms with Gasteiger partial charge < -0.3 is 18.8 Å². The first-order valence-corrected chi connectivity index (χ1v) is 9.08. The van der Waals surface area contributed by atoms with Crippen molar-refractivity contribution in [2.75, 3.05) is 31.7 Å². The van der Waals surface area contributed by atoms with Crippen LogP contribution >= 0.6 is 0 Å². The number of nitrogens with zero attached hydrogens (tertiary/aromatic N) is 2. The van der Waals surface area contributed by atoms with Gasteiger partial charge in [-0.05, 0) is 46.7 Å². The minimum Gasteiger partial charge on any atom is -0.497 e. The van der Waals surface area contributed by atoms with Gasteiger partial charge >= 0.3 is 0 Å². The molecule has 1 atom stereocenters. The van der Waals surface area contributed by atoms with E-state index in [0.29, 0.717) is 6.61 Å². The fourth-order valence-electron chi connectivity index (χ4n) is 3.74. The van der Waals surface area contributed by atoms with Crippen LogP contribution in [0.2, 0.25) is 0 Å². The molecular weight excluding hydrogens is 340 g/mol. The number of fused-ring (bicyclic) bond motifs is 2. The highest BCUT2D eigenvalue weighted by molar-refractivity contribution is 5.88. The van der Waals surface area contributed by atoms with E-state index < -0.39 is 0 Å². The summed E-state index contributed by atoms with van der Waals surface area (Å²) >= 11 is 0. The van der Waals surface area contributed by atoms with E-state index in [1.807, 2.05) is 18.2 Å². The molecule has 1 saturated heterocycles. The maximum atomic E-state index is 6.09. The second-order valence-electron chi connectivity index (χ2n) is 6.74. The van der Waals surface area contributed by atoms with Gasteiger partial charge in [-0.25, -0.2) is 4.98 Å². The van der Waals surface area contributed by atoms with E-state index in [9.17, 15) is 0 Å². The number of furan rings is 1. The van der Waals surface area contributed by atoms with Crippen molar-refractivity contribution in [1.29, 1.82) is 0 Å². The number of benzene rings is 2. The Bertz CT molecular complexity index is 1110. The average molecular weight is 360 g/mol. The number of aromatic nitrogens is 1. The Labute approximate surface area is 157 Å². The standard InChI is InChI=1S/C22H20N2O3/c1-25-18-5-4-15-12-17(3-2-16(15)13-18)21-14-24(9-11-27-21)22-19-7-10-26-20(19)6-8-23-22/h2-8,10,12-13,21H,9,11,14H2,1H3/t21-/m1/s1. The first kappa shape index (κ1) is 16.1. The third-order valence-electron chi connectivity index (χ3n) is 5.17. The summed E-state index contributed by atoms with van der Waals surface area (Å²) in [6.45, 7) is 2.25. The Morgan fingerprint density at radius 3 is 2.89 bits per heavy atom. The van der Waals surface area contributed by atoms with Gasteiger partial charge in [0, 0.05) is 19.3 Å². The zero-order chi connectivity index (χ0) is 18.2. The first-order chi connectivity index (χ1) is 13.3. The second kappa shape index (κ2) is 6.59. The second-order valence-corrected chi connectivity index (χ2v) is 6.74. The first-order valence-electron chi connectivity index (χ1n) is 9.08. The van der Waals surface area contributed by atoms with E-state index in [1.54, 1.807) is 19.6 Å². The zero-order valence-electron chi connectivity index (χ0n) is 15.1. The van der Waals surface area contributed by atoms with E-state index in [-0.39, 0.29) is 6.10 Å².